The topological polar surface area (TPSA) is 100 Å². The summed E-state index contributed by atoms with van der Waals surface area (Å²) in [5.41, 5.74) is 2.00. The fourth-order valence-electron chi connectivity index (χ4n) is 1.77. The molecular formula is C12H14N4O3. The highest BCUT2D eigenvalue weighted by Gasteiger charge is 2.18. The quantitative estimate of drug-likeness (QED) is 0.776. The molecule has 1 amide bonds. The molecule has 0 aromatic carbocycles. The molecule has 0 aliphatic carbocycles. The van der Waals surface area contributed by atoms with Gasteiger partial charge in [-0.3, -0.25) is 9.48 Å². The van der Waals surface area contributed by atoms with Crippen LogP contribution in [0.25, 0.3) is 0 Å². The van der Waals surface area contributed by atoms with Gasteiger partial charge in [0.1, 0.15) is 5.69 Å². The second-order valence-corrected chi connectivity index (χ2v) is 4.27. The first-order chi connectivity index (χ1) is 8.90. The summed E-state index contributed by atoms with van der Waals surface area (Å²) in [4.78, 5) is 25.8. The van der Waals surface area contributed by atoms with Crippen molar-refractivity contribution in [3.05, 3.63) is 34.9 Å². The summed E-state index contributed by atoms with van der Waals surface area (Å²) >= 11 is 0. The first-order valence-electron chi connectivity index (χ1n) is 5.63. The number of nitrogens with zero attached hydrogens (tertiary/aromatic N) is 2. The third-order valence-electron chi connectivity index (χ3n) is 2.89. The first-order valence-corrected chi connectivity index (χ1v) is 5.63. The lowest BCUT2D eigenvalue weighted by Gasteiger charge is -2.03. The summed E-state index contributed by atoms with van der Waals surface area (Å²) in [5.74, 6) is -1.50. The van der Waals surface area contributed by atoms with Crippen molar-refractivity contribution in [1.29, 1.82) is 0 Å². The van der Waals surface area contributed by atoms with E-state index in [1.54, 1.807) is 31.6 Å². The maximum absolute atomic E-state index is 12.1. The van der Waals surface area contributed by atoms with Crippen molar-refractivity contribution in [3.8, 4) is 0 Å². The number of carbonyl (C=O) groups excluding carboxylic acids is 1. The summed E-state index contributed by atoms with van der Waals surface area (Å²) in [6.45, 7) is 3.49. The normalized spacial score (nSPS) is 10.5. The lowest BCUT2D eigenvalue weighted by atomic mass is 10.2. The number of nitrogens with one attached hydrogen (secondary N) is 2. The van der Waals surface area contributed by atoms with Crippen molar-refractivity contribution in [2.45, 2.75) is 13.8 Å². The maximum Gasteiger partial charge on any atom is 0.354 e. The molecule has 0 bridgehead atoms. The molecule has 7 nitrogen and oxygen atoms in total. The standard InChI is InChI=1S/C12H14N4O3/c1-6-4-9(10(14-6)12(18)19)15-11(17)8-5-13-16(3)7(8)2/h4-5,14H,1-3H3,(H,15,17)(H,18,19). The van der Waals surface area contributed by atoms with E-state index >= 15 is 0 Å². The van der Waals surface area contributed by atoms with Crippen molar-refractivity contribution < 1.29 is 14.7 Å². The van der Waals surface area contributed by atoms with Gasteiger partial charge in [-0.1, -0.05) is 0 Å². The van der Waals surface area contributed by atoms with Crippen LogP contribution >= 0.6 is 0 Å². The second kappa shape index (κ2) is 4.60. The predicted octanol–water partition coefficient (Wildman–Crippen LogP) is 1.32. The summed E-state index contributed by atoms with van der Waals surface area (Å²) in [5, 5.41) is 15.6. The van der Waals surface area contributed by atoms with Crippen LogP contribution in [-0.4, -0.2) is 31.7 Å². The Bertz CT molecular complexity index is 654. The molecule has 2 heterocycles. The molecule has 3 N–H and O–H groups in total. The molecule has 0 radical (unpaired) electrons. The number of rotatable bonds is 3. The predicted molar refractivity (Wildman–Crippen MR) is 68.4 cm³/mol. The smallest absolute Gasteiger partial charge is 0.354 e. The maximum atomic E-state index is 12.1. The lowest BCUT2D eigenvalue weighted by molar-refractivity contribution is 0.0692. The third kappa shape index (κ3) is 2.35. The van der Waals surface area contributed by atoms with E-state index in [-0.39, 0.29) is 17.3 Å². The number of aromatic nitrogens is 3. The largest absolute Gasteiger partial charge is 0.477 e. The van der Waals surface area contributed by atoms with E-state index in [2.05, 4.69) is 15.4 Å². The van der Waals surface area contributed by atoms with E-state index in [1.807, 2.05) is 0 Å². The van der Waals surface area contributed by atoms with E-state index < -0.39 is 5.97 Å². The first kappa shape index (κ1) is 12.9. The number of aromatic carboxylic acids is 1. The van der Waals surface area contributed by atoms with E-state index in [0.717, 1.165) is 0 Å². The van der Waals surface area contributed by atoms with E-state index in [1.165, 1.54) is 6.20 Å². The van der Waals surface area contributed by atoms with Crippen molar-refractivity contribution in [2.75, 3.05) is 5.32 Å². The van der Waals surface area contributed by atoms with Crippen molar-refractivity contribution >= 4 is 17.6 Å². The number of anilines is 1. The molecule has 100 valence electrons. The number of carboxylic acid groups (broad SMARTS) is 1. The Morgan fingerprint density at radius 1 is 1.42 bits per heavy atom. The van der Waals surface area contributed by atoms with Crippen molar-refractivity contribution in [3.63, 3.8) is 0 Å². The number of aromatic amines is 1. The van der Waals surface area contributed by atoms with Crippen LogP contribution in [0.3, 0.4) is 0 Å². The Kier molecular flexibility index (Phi) is 3.12. The van der Waals surface area contributed by atoms with Crippen LogP contribution in [0, 0.1) is 13.8 Å². The van der Waals surface area contributed by atoms with Crippen LogP contribution in [0.2, 0.25) is 0 Å². The Hall–Kier alpha value is -2.57. The van der Waals surface area contributed by atoms with E-state index in [4.69, 9.17) is 5.11 Å². The highest BCUT2D eigenvalue weighted by Crippen LogP contribution is 2.18. The molecular weight excluding hydrogens is 248 g/mol. The molecule has 0 saturated heterocycles. The highest BCUT2D eigenvalue weighted by atomic mass is 16.4. The van der Waals surface area contributed by atoms with Gasteiger partial charge in [0.25, 0.3) is 5.91 Å². The van der Waals surface area contributed by atoms with Crippen molar-refractivity contribution in [1.82, 2.24) is 14.8 Å². The molecule has 7 heteroatoms. The Labute approximate surface area is 109 Å². The van der Waals surface area contributed by atoms with Gasteiger partial charge in [-0.25, -0.2) is 4.79 Å². The zero-order valence-corrected chi connectivity index (χ0v) is 10.8. The minimum absolute atomic E-state index is 0.0348. The molecule has 2 aromatic rings. The van der Waals surface area contributed by atoms with Crippen LogP contribution in [0.15, 0.2) is 12.3 Å². The van der Waals surface area contributed by atoms with Crippen molar-refractivity contribution in [2.24, 2.45) is 7.05 Å². The molecule has 19 heavy (non-hydrogen) atoms. The summed E-state index contributed by atoms with van der Waals surface area (Å²) in [6.07, 6.45) is 1.45. The van der Waals surface area contributed by atoms with Gasteiger partial charge in [-0.15, -0.1) is 0 Å². The Balaban J connectivity index is 2.29. The van der Waals surface area contributed by atoms with Gasteiger partial charge in [-0.05, 0) is 19.9 Å². The van der Waals surface area contributed by atoms with Gasteiger partial charge in [-0.2, -0.15) is 5.10 Å². The molecule has 2 aromatic heterocycles. The van der Waals surface area contributed by atoms with Gasteiger partial charge in [0.05, 0.1) is 17.4 Å². The van der Waals surface area contributed by atoms with Crippen LogP contribution < -0.4 is 5.32 Å². The average Bonchev–Trinajstić information content (AvgIpc) is 2.84. The minimum Gasteiger partial charge on any atom is -0.477 e. The minimum atomic E-state index is -1.12. The second-order valence-electron chi connectivity index (χ2n) is 4.27. The molecule has 0 aliphatic heterocycles. The van der Waals surface area contributed by atoms with Gasteiger partial charge in [0.2, 0.25) is 0 Å². The van der Waals surface area contributed by atoms with Crippen LogP contribution in [-0.2, 0) is 7.05 Å². The number of hydrogen-bond acceptors (Lipinski definition) is 3. The SMILES string of the molecule is Cc1cc(NC(=O)c2cnn(C)c2C)c(C(=O)O)[nH]1. The summed E-state index contributed by atoms with van der Waals surface area (Å²) in [7, 11) is 1.73. The molecule has 0 aliphatic rings. The van der Waals surface area contributed by atoms with Crippen LogP contribution in [0.4, 0.5) is 5.69 Å². The lowest BCUT2D eigenvalue weighted by Crippen LogP contribution is -2.14. The molecule has 0 unspecified atom stereocenters. The van der Waals surface area contributed by atoms with E-state index in [9.17, 15) is 9.59 Å². The number of carbonyl (C=O) groups is 2. The fourth-order valence-corrected chi connectivity index (χ4v) is 1.77. The monoisotopic (exact) mass is 262 g/mol. The molecule has 0 spiro atoms. The zero-order chi connectivity index (χ0) is 14.2. The molecule has 0 saturated carbocycles. The zero-order valence-electron chi connectivity index (χ0n) is 10.8. The third-order valence-corrected chi connectivity index (χ3v) is 2.89. The Morgan fingerprint density at radius 2 is 2.11 bits per heavy atom. The van der Waals surface area contributed by atoms with Crippen LogP contribution in [0.5, 0.6) is 0 Å². The number of carboxylic acids is 1. The van der Waals surface area contributed by atoms with E-state index in [0.29, 0.717) is 17.0 Å². The number of hydrogen-bond donors (Lipinski definition) is 3. The van der Waals surface area contributed by atoms with Gasteiger partial charge in [0, 0.05) is 18.4 Å². The number of H-pyrrole nitrogens is 1. The van der Waals surface area contributed by atoms with Gasteiger partial charge < -0.3 is 15.4 Å². The number of aryl methyl sites for hydroxylation is 2. The molecule has 0 atom stereocenters. The van der Waals surface area contributed by atoms with Gasteiger partial charge in [0.15, 0.2) is 0 Å². The summed E-state index contributed by atoms with van der Waals surface area (Å²) < 4.78 is 1.58. The van der Waals surface area contributed by atoms with Gasteiger partial charge >= 0.3 is 5.97 Å². The molecule has 2 rings (SSSR count). The molecule has 0 fully saturated rings. The summed E-state index contributed by atoms with van der Waals surface area (Å²) in [6, 6.07) is 1.58. The average molecular weight is 262 g/mol. The Morgan fingerprint density at radius 3 is 2.63 bits per heavy atom. The van der Waals surface area contributed by atoms with Crippen LogP contribution in [0.1, 0.15) is 32.2 Å². The fraction of sp³-hybridized carbons (Fsp3) is 0.250. The highest BCUT2D eigenvalue weighted by molar-refractivity contribution is 6.07. The number of amides is 1.